The predicted octanol–water partition coefficient (Wildman–Crippen LogP) is -1.20. The second kappa shape index (κ2) is 24.4. The Morgan fingerprint density at radius 1 is 0.868 bits per heavy atom. The van der Waals surface area contributed by atoms with Crippen molar-refractivity contribution in [1.82, 2.24) is 41.8 Å². The van der Waals surface area contributed by atoms with Crippen molar-refractivity contribution < 1.29 is 51.6 Å². The number of aliphatic hydroxyl groups is 2. The first-order chi connectivity index (χ1) is 33.4. The molecule has 1 saturated carbocycles. The van der Waals surface area contributed by atoms with Gasteiger partial charge in [-0.3, -0.25) is 43.9 Å². The number of nitrogens with two attached hydrogens (primary N) is 2. The van der Waals surface area contributed by atoms with E-state index < -0.39 is 96.4 Å². The predicted molar refractivity (Wildman–Crippen MR) is 250 cm³/mol. The Kier molecular flexibility index (Phi) is 17.2. The van der Waals surface area contributed by atoms with E-state index in [1.54, 1.807) is 6.20 Å². The lowest BCUT2D eigenvalue weighted by Crippen LogP contribution is -2.60. The lowest BCUT2D eigenvalue weighted by atomic mass is 9.83. The van der Waals surface area contributed by atoms with Crippen molar-refractivity contribution in [1.29, 1.82) is 0 Å². The Hall–Kier alpha value is -6.58. The molecule has 21 nitrogen and oxygen atoms in total. The normalized spacial score (nSPS) is 26.4. The third-order valence-electron chi connectivity index (χ3n) is 12.7. The number of carboxylic acid groups (broad SMARTS) is 1. The van der Waals surface area contributed by atoms with Crippen LogP contribution in [0.15, 0.2) is 65.7 Å². The number of hydrogen-bond donors (Lipinski definition) is 12. The van der Waals surface area contributed by atoms with Crippen molar-refractivity contribution in [3.63, 3.8) is 0 Å². The number of guanidine groups is 1. The van der Waals surface area contributed by atoms with Crippen molar-refractivity contribution in [2.24, 2.45) is 22.4 Å². The molecule has 0 radical (unpaired) electrons. The first-order valence-electron chi connectivity index (χ1n) is 24.2. The smallest absolute Gasteiger partial charge is 0.317 e. The summed E-state index contributed by atoms with van der Waals surface area (Å²) in [5, 5.41) is 48.2. The molecule has 2 aliphatic heterocycles. The minimum absolute atomic E-state index is 0.00373. The molecule has 0 spiro atoms. The molecule has 14 N–H and O–H groups in total. The molecule has 0 unspecified atom stereocenters. The number of carbonyl (C=O) groups is 7. The molecule has 3 fully saturated rings. The number of carboxylic acids is 1. The highest BCUT2D eigenvalue weighted by atomic mass is 16.4. The highest BCUT2D eigenvalue weighted by molar-refractivity contribution is 5.97. The number of H-pyrrole nitrogens is 1. The summed E-state index contributed by atoms with van der Waals surface area (Å²) in [7, 11) is 0. The van der Waals surface area contributed by atoms with Gasteiger partial charge in [0, 0.05) is 49.6 Å². The van der Waals surface area contributed by atoms with Crippen LogP contribution < -0.4 is 43.4 Å². The average Bonchev–Trinajstić information content (AvgIpc) is 3.91. The molecule has 1 aromatic heterocycles. The van der Waals surface area contributed by atoms with E-state index in [-0.39, 0.29) is 95.0 Å². The molecule has 3 aromatic rings. The maximum atomic E-state index is 14.7. The third kappa shape index (κ3) is 14.5. The van der Waals surface area contributed by atoms with Gasteiger partial charge < -0.3 is 63.3 Å². The monoisotopic (exact) mass is 946 g/mol. The number of benzene rings is 2. The minimum Gasteiger partial charge on any atom is -0.480 e. The molecule has 3 heterocycles. The molecule has 68 heavy (non-hydrogen) atoms. The largest absolute Gasteiger partial charge is 0.480 e. The number of nitrogens with one attached hydrogen (secondary N) is 7. The van der Waals surface area contributed by atoms with Crippen LogP contribution in [0.4, 0.5) is 0 Å². The first-order valence-corrected chi connectivity index (χ1v) is 23.2. The maximum Gasteiger partial charge on any atom is 0.317 e. The fourth-order valence-electron chi connectivity index (χ4n) is 9.15. The minimum atomic E-state index is -1.39. The van der Waals surface area contributed by atoms with Crippen molar-refractivity contribution in [3.8, 4) is 0 Å². The second-order valence-electron chi connectivity index (χ2n) is 17.9. The van der Waals surface area contributed by atoms with Crippen LogP contribution in [0.1, 0.15) is 78.1 Å². The quantitative estimate of drug-likeness (QED) is 0.0485. The van der Waals surface area contributed by atoms with E-state index >= 15 is 0 Å². The number of carbonyl (C=O) groups excluding carboxylic acids is 6. The number of para-hydroxylation sites is 1. The highest BCUT2D eigenvalue weighted by Gasteiger charge is 2.43. The van der Waals surface area contributed by atoms with Gasteiger partial charge in [-0.05, 0) is 87.3 Å². The van der Waals surface area contributed by atoms with Gasteiger partial charge in [-0.15, -0.1) is 0 Å². The van der Waals surface area contributed by atoms with Crippen LogP contribution in [0.25, 0.3) is 10.9 Å². The molecule has 0 bridgehead atoms. The number of fused-ring (bicyclic) bond motifs is 2. The zero-order valence-electron chi connectivity index (χ0n) is 39.9. The number of hydrogen-bond acceptors (Lipinski definition) is 11. The summed E-state index contributed by atoms with van der Waals surface area (Å²) in [6.07, 6.45) is 2.08. The summed E-state index contributed by atoms with van der Waals surface area (Å²) in [6, 6.07) is 3.88. The summed E-state index contributed by atoms with van der Waals surface area (Å²) in [6.45, 7) is -0.895. The third-order valence-corrected chi connectivity index (χ3v) is 12.7. The van der Waals surface area contributed by atoms with Gasteiger partial charge in [0.15, 0.2) is 5.96 Å². The molecule has 368 valence electrons. The van der Waals surface area contributed by atoms with E-state index in [0.29, 0.717) is 36.8 Å². The lowest BCUT2D eigenvalue weighted by molar-refractivity contribution is -0.143. The van der Waals surface area contributed by atoms with Crippen molar-refractivity contribution in [2.75, 3.05) is 26.2 Å². The van der Waals surface area contributed by atoms with Gasteiger partial charge in [-0.25, -0.2) is 0 Å². The first kappa shape index (κ1) is 47.9. The molecular formula is C47H65N11O10. The van der Waals surface area contributed by atoms with Gasteiger partial charge in [-0.2, -0.15) is 0 Å². The van der Waals surface area contributed by atoms with Gasteiger partial charge in [-0.1, -0.05) is 48.5 Å². The zero-order valence-corrected chi connectivity index (χ0v) is 37.9. The standard InChI is InChI=1S/C47H65N11O10/c48-47(49)51-19-6-12-34-41(63)50-18-7-13-35(55-42(64)36(53-25-40(61)62)20-27-8-2-1-3-9-27)46(68)58-26-31(60)23-39(58)45(67)57-37(21-28-14-16-30(59)17-15-28)43(65)56-38(44(66)54-34)22-29-24-52-33-11-5-4-10-32(29)33/h1-5,8-11,24,28,30-31,34-39,52-53,59-60H,6-7,12-23,25-26H2,(H,50,63)(H,54,66)(H,55,64)(H,56,65)(H,57,67)(H,61,62)(H4,48,49,51)/t28?,30?,31-,34+,35+,36+,37-,38+,39+/m1/s1/i2D,3D. The fourth-order valence-corrected chi connectivity index (χ4v) is 9.15. The summed E-state index contributed by atoms with van der Waals surface area (Å²) < 4.78 is 16.1. The molecule has 7 atom stereocenters. The maximum absolute atomic E-state index is 14.7. The highest BCUT2D eigenvalue weighted by Crippen LogP contribution is 2.29. The Balaban J connectivity index is 1.34. The van der Waals surface area contributed by atoms with Gasteiger partial charge >= 0.3 is 5.97 Å². The molecule has 1 aliphatic carbocycles. The number of rotatable bonds is 15. The van der Waals surface area contributed by atoms with Crippen LogP contribution in [0, 0.1) is 5.92 Å². The number of aliphatic carboxylic acids is 1. The van der Waals surface area contributed by atoms with E-state index in [1.165, 1.54) is 18.2 Å². The van der Waals surface area contributed by atoms with E-state index in [2.05, 4.69) is 41.9 Å². The molecule has 3 aliphatic rings. The average molecular weight is 946 g/mol. The Labute approximate surface area is 396 Å². The van der Waals surface area contributed by atoms with Crippen molar-refractivity contribution in [2.45, 2.75) is 126 Å². The van der Waals surface area contributed by atoms with E-state index in [9.17, 15) is 48.9 Å². The summed E-state index contributed by atoms with van der Waals surface area (Å²) in [4.78, 5) is 106. The molecular weight excluding hydrogens is 879 g/mol. The van der Waals surface area contributed by atoms with Crippen molar-refractivity contribution >= 4 is 58.3 Å². The number of aromatic amines is 1. The van der Waals surface area contributed by atoms with Gasteiger partial charge in [0.1, 0.15) is 30.2 Å². The van der Waals surface area contributed by atoms with Gasteiger partial charge in [0.25, 0.3) is 0 Å². The van der Waals surface area contributed by atoms with Crippen LogP contribution in [0.2, 0.25) is 0 Å². The van der Waals surface area contributed by atoms with Gasteiger partial charge in [0.05, 0.1) is 27.5 Å². The van der Waals surface area contributed by atoms with Crippen LogP contribution in [-0.4, -0.2) is 147 Å². The van der Waals surface area contributed by atoms with Crippen LogP contribution in [0.5, 0.6) is 0 Å². The Morgan fingerprint density at radius 3 is 2.31 bits per heavy atom. The van der Waals surface area contributed by atoms with E-state index in [4.69, 9.17) is 14.2 Å². The SMILES string of the molecule is [2H]c1cc([2H])cc(C[C@H](NCC(=O)O)C(=O)N[C@H]2CCCNC(=O)[C@H](CCCN=C(N)N)NC(=O)[C@H](Cc3c[nH]c4ccccc34)NC(=O)[C@@H](CC3CCC(O)CC3)NC(=O)[C@@H]3C[C@@H](O)CN3C2=O)c1. The Morgan fingerprint density at radius 2 is 1.57 bits per heavy atom. The van der Waals surface area contributed by atoms with E-state index in [0.717, 1.165) is 15.8 Å². The van der Waals surface area contributed by atoms with Crippen LogP contribution in [-0.2, 0) is 46.4 Å². The number of amides is 6. The molecule has 6 amide bonds. The summed E-state index contributed by atoms with van der Waals surface area (Å²) in [5.41, 5.74) is 12.9. The molecule has 6 rings (SSSR count). The molecule has 2 aromatic carbocycles. The number of nitrogens with zero attached hydrogens (tertiary/aromatic N) is 2. The molecule has 2 saturated heterocycles. The number of aromatic nitrogens is 1. The zero-order chi connectivity index (χ0) is 50.5. The van der Waals surface area contributed by atoms with E-state index in [1.807, 2.05) is 24.3 Å². The van der Waals surface area contributed by atoms with Crippen molar-refractivity contribution in [3.05, 3.63) is 71.9 Å². The van der Waals surface area contributed by atoms with Gasteiger partial charge in [0.2, 0.25) is 35.4 Å². The summed E-state index contributed by atoms with van der Waals surface area (Å²) in [5.74, 6) is -5.91. The molecule has 21 heteroatoms. The van der Waals surface area contributed by atoms with Crippen LogP contribution in [0.3, 0.4) is 0 Å². The second-order valence-corrected chi connectivity index (χ2v) is 17.9. The van der Waals surface area contributed by atoms with Crippen LogP contribution >= 0.6 is 0 Å². The fraction of sp³-hybridized carbons (Fsp3) is 0.532. The number of aliphatic hydroxyl groups excluding tert-OH is 2. The number of aliphatic imine (C=N–C) groups is 1. The topological polar surface area (TPSA) is 336 Å². The Bertz CT molecular complexity index is 2370. The summed E-state index contributed by atoms with van der Waals surface area (Å²) >= 11 is 0. The lowest BCUT2D eigenvalue weighted by Gasteiger charge is -2.32.